The fraction of sp³-hybridized carbons (Fsp3) is 0.346. The van der Waals surface area contributed by atoms with Gasteiger partial charge < -0.3 is 5.11 Å². The largest absolute Gasteiger partial charge is 0.420 e. The van der Waals surface area contributed by atoms with E-state index >= 15 is 0 Å². The molecule has 4 aromatic rings. The highest BCUT2D eigenvalue weighted by molar-refractivity contribution is 7.83. The summed E-state index contributed by atoms with van der Waals surface area (Å²) in [4.78, 5) is 8.90. The SMILES string of the molecule is CCC[C@@H](CC(C)S(N)=O)c1cccc(-c2ccc3cnn(-c4cccc([C@@H](O)C(F)(F)F)n4)c3c2)n1. The molecule has 4 rings (SSSR count). The Labute approximate surface area is 215 Å². The number of aromatic nitrogens is 4. The summed E-state index contributed by atoms with van der Waals surface area (Å²) in [6.45, 7) is 3.96. The van der Waals surface area contributed by atoms with Gasteiger partial charge in [-0.15, -0.1) is 0 Å². The second kappa shape index (κ2) is 11.1. The van der Waals surface area contributed by atoms with E-state index in [1.165, 1.54) is 16.8 Å². The molecule has 2 unspecified atom stereocenters. The maximum atomic E-state index is 13.0. The number of nitrogens with zero attached hydrogens (tertiary/aromatic N) is 4. The number of hydrogen-bond donors (Lipinski definition) is 2. The Hall–Kier alpha value is -3.15. The highest BCUT2D eigenvalue weighted by atomic mass is 32.2. The van der Waals surface area contributed by atoms with Gasteiger partial charge in [0.2, 0.25) is 0 Å². The monoisotopic (exact) mass is 531 g/mol. The maximum Gasteiger partial charge on any atom is 0.420 e. The molecule has 0 saturated carbocycles. The molecule has 11 heteroatoms. The van der Waals surface area contributed by atoms with Gasteiger partial charge in [-0.1, -0.05) is 37.6 Å². The molecular formula is C26H28F3N5O2S. The average Bonchev–Trinajstić information content (AvgIpc) is 3.31. The number of hydrogen-bond acceptors (Lipinski definition) is 5. The standard InChI is InChI=1S/C26H28F3N5O2S/c1-3-6-17(13-16(2)37(30)36)20-7-4-8-21(32-20)18-11-12-19-15-31-34(23(19)14-18)24-10-5-9-22(33-24)25(35)26(27,28)29/h4-5,7-12,14-17,25,35H,3,6,13,30H2,1-2H3/t16?,17-,25+,37?/m0/s1. The maximum absolute atomic E-state index is 13.0. The summed E-state index contributed by atoms with van der Waals surface area (Å²) in [6.07, 6.45) is -3.43. The van der Waals surface area contributed by atoms with E-state index in [1.807, 2.05) is 43.3 Å². The van der Waals surface area contributed by atoms with Gasteiger partial charge in [-0.25, -0.2) is 13.9 Å². The van der Waals surface area contributed by atoms with Crippen LogP contribution in [0.5, 0.6) is 0 Å². The molecule has 0 aliphatic rings. The first-order chi connectivity index (χ1) is 17.6. The zero-order valence-electron chi connectivity index (χ0n) is 20.4. The van der Waals surface area contributed by atoms with Crippen LogP contribution in [0.15, 0.2) is 60.8 Å². The van der Waals surface area contributed by atoms with Crippen molar-refractivity contribution in [2.24, 2.45) is 5.14 Å². The molecule has 0 aliphatic carbocycles. The smallest absolute Gasteiger partial charge is 0.378 e. The Morgan fingerprint density at radius 1 is 1.08 bits per heavy atom. The molecule has 3 aromatic heterocycles. The molecule has 3 N–H and O–H groups in total. The number of rotatable bonds is 9. The van der Waals surface area contributed by atoms with Crippen molar-refractivity contribution in [3.05, 3.63) is 72.2 Å². The van der Waals surface area contributed by atoms with Gasteiger partial charge in [-0.3, -0.25) is 10.1 Å². The summed E-state index contributed by atoms with van der Waals surface area (Å²) in [5.74, 6) is 0.259. The Kier molecular flexibility index (Phi) is 8.05. The van der Waals surface area contributed by atoms with Crippen molar-refractivity contribution in [3.63, 3.8) is 0 Å². The van der Waals surface area contributed by atoms with Crippen LogP contribution in [0.25, 0.3) is 28.0 Å². The van der Waals surface area contributed by atoms with Crippen molar-refractivity contribution in [3.8, 4) is 17.1 Å². The van der Waals surface area contributed by atoms with Crippen LogP contribution in [0.2, 0.25) is 0 Å². The quantitative estimate of drug-likeness (QED) is 0.302. The van der Waals surface area contributed by atoms with Crippen molar-refractivity contribution in [1.29, 1.82) is 0 Å². The fourth-order valence-electron chi connectivity index (χ4n) is 4.31. The predicted octanol–water partition coefficient (Wildman–Crippen LogP) is 5.36. The van der Waals surface area contributed by atoms with Crippen molar-refractivity contribution in [1.82, 2.24) is 19.7 Å². The number of nitrogens with two attached hydrogens (primary N) is 1. The summed E-state index contributed by atoms with van der Waals surface area (Å²) < 4.78 is 52.2. The van der Waals surface area contributed by atoms with Crippen molar-refractivity contribution >= 4 is 21.9 Å². The van der Waals surface area contributed by atoms with Gasteiger partial charge in [0.05, 0.1) is 34.1 Å². The zero-order chi connectivity index (χ0) is 26.7. The lowest BCUT2D eigenvalue weighted by atomic mass is 9.93. The molecule has 0 bridgehead atoms. The highest BCUT2D eigenvalue weighted by Gasteiger charge is 2.40. The van der Waals surface area contributed by atoms with Gasteiger partial charge in [-0.05, 0) is 50.1 Å². The van der Waals surface area contributed by atoms with Crippen LogP contribution in [0.1, 0.15) is 56.5 Å². The normalized spacial score (nSPS) is 15.4. The summed E-state index contributed by atoms with van der Waals surface area (Å²) in [7, 11) is -1.41. The van der Waals surface area contributed by atoms with E-state index in [0.717, 1.165) is 41.2 Å². The third-order valence-corrected chi connectivity index (χ3v) is 7.25. The minimum Gasteiger partial charge on any atom is -0.378 e. The van der Waals surface area contributed by atoms with Crippen LogP contribution < -0.4 is 5.14 Å². The molecule has 3 heterocycles. The van der Waals surface area contributed by atoms with Crippen molar-refractivity contribution in [2.75, 3.05) is 0 Å². The zero-order valence-corrected chi connectivity index (χ0v) is 21.2. The van der Waals surface area contributed by atoms with E-state index in [9.17, 15) is 22.5 Å². The Morgan fingerprint density at radius 3 is 2.51 bits per heavy atom. The highest BCUT2D eigenvalue weighted by Crippen LogP contribution is 2.33. The van der Waals surface area contributed by atoms with Gasteiger partial charge >= 0.3 is 6.18 Å². The van der Waals surface area contributed by atoms with E-state index in [0.29, 0.717) is 11.9 Å². The lowest BCUT2D eigenvalue weighted by molar-refractivity contribution is -0.207. The lowest BCUT2D eigenvalue weighted by Gasteiger charge is -2.19. The molecule has 0 radical (unpaired) electrons. The molecule has 196 valence electrons. The van der Waals surface area contributed by atoms with Gasteiger partial charge in [0.25, 0.3) is 0 Å². The van der Waals surface area contributed by atoms with Crippen LogP contribution >= 0.6 is 0 Å². The summed E-state index contributed by atoms with van der Waals surface area (Å²) in [5, 5.41) is 20.2. The summed E-state index contributed by atoms with van der Waals surface area (Å²) in [6, 6.07) is 15.5. The number of aliphatic hydroxyl groups is 1. The molecule has 7 nitrogen and oxygen atoms in total. The topological polar surface area (TPSA) is 107 Å². The molecule has 0 fully saturated rings. The van der Waals surface area contributed by atoms with Crippen LogP contribution in [0, 0.1) is 0 Å². The lowest BCUT2D eigenvalue weighted by Crippen LogP contribution is -2.21. The third-order valence-electron chi connectivity index (χ3n) is 6.27. The second-order valence-electron chi connectivity index (χ2n) is 9.00. The Balaban J connectivity index is 1.71. The average molecular weight is 532 g/mol. The molecule has 0 saturated heterocycles. The first-order valence-corrected chi connectivity index (χ1v) is 13.2. The van der Waals surface area contributed by atoms with Crippen LogP contribution in [0.3, 0.4) is 0 Å². The summed E-state index contributed by atoms with van der Waals surface area (Å²) in [5.41, 5.74) is 2.54. The minimum absolute atomic E-state index is 0.105. The number of aliphatic hydroxyl groups excluding tert-OH is 1. The molecule has 0 spiro atoms. The minimum atomic E-state index is -4.83. The molecule has 37 heavy (non-hydrogen) atoms. The summed E-state index contributed by atoms with van der Waals surface area (Å²) >= 11 is 0. The third kappa shape index (κ3) is 6.06. The van der Waals surface area contributed by atoms with Gasteiger partial charge in [-0.2, -0.15) is 18.3 Å². The van der Waals surface area contributed by atoms with Crippen LogP contribution in [-0.2, 0) is 11.0 Å². The number of halogens is 3. The molecule has 1 aromatic carbocycles. The van der Waals surface area contributed by atoms with Gasteiger partial charge in [0.1, 0.15) is 0 Å². The van der Waals surface area contributed by atoms with E-state index in [-0.39, 0.29) is 17.0 Å². The first-order valence-electron chi connectivity index (χ1n) is 11.9. The number of pyridine rings is 2. The number of alkyl halides is 3. The second-order valence-corrected chi connectivity index (χ2v) is 10.5. The van der Waals surface area contributed by atoms with Gasteiger partial charge in [0.15, 0.2) is 11.9 Å². The molecular weight excluding hydrogens is 503 g/mol. The fourth-order valence-corrected chi connectivity index (χ4v) is 4.73. The van der Waals surface area contributed by atoms with Gasteiger partial charge in [0, 0.05) is 27.8 Å². The first kappa shape index (κ1) is 26.9. The Bertz CT molecular complexity index is 1410. The molecule has 0 amide bonds. The Morgan fingerprint density at radius 2 is 1.81 bits per heavy atom. The van der Waals surface area contributed by atoms with E-state index in [1.54, 1.807) is 6.20 Å². The number of fused-ring (bicyclic) bond motifs is 1. The van der Waals surface area contributed by atoms with Crippen LogP contribution in [-0.4, -0.2) is 40.5 Å². The predicted molar refractivity (Wildman–Crippen MR) is 137 cm³/mol. The van der Waals surface area contributed by atoms with Crippen LogP contribution in [0.4, 0.5) is 13.2 Å². The van der Waals surface area contributed by atoms with E-state index in [2.05, 4.69) is 17.0 Å². The number of benzene rings is 1. The van der Waals surface area contributed by atoms with E-state index in [4.69, 9.17) is 10.1 Å². The van der Waals surface area contributed by atoms with Crippen molar-refractivity contribution in [2.45, 2.75) is 56.6 Å². The molecule has 0 aliphatic heterocycles. The molecule has 4 atom stereocenters. The van der Waals surface area contributed by atoms with Crippen molar-refractivity contribution < 1.29 is 22.5 Å². The van der Waals surface area contributed by atoms with E-state index < -0.39 is 29.0 Å².